The van der Waals surface area contributed by atoms with Gasteiger partial charge in [0.2, 0.25) is 5.91 Å². The van der Waals surface area contributed by atoms with Gasteiger partial charge in [0.25, 0.3) is 5.91 Å². The van der Waals surface area contributed by atoms with Crippen LogP contribution in [0.2, 0.25) is 0 Å². The summed E-state index contributed by atoms with van der Waals surface area (Å²) in [6.07, 6.45) is 0.796. The molecule has 0 fully saturated rings. The third-order valence-corrected chi connectivity index (χ3v) is 5.57. The number of carbonyl (C=O) groups is 2. The third-order valence-electron chi connectivity index (χ3n) is 4.55. The van der Waals surface area contributed by atoms with Crippen LogP contribution in [0.25, 0.3) is 0 Å². The molecule has 156 valence electrons. The van der Waals surface area contributed by atoms with Crippen LogP contribution in [-0.2, 0) is 18.3 Å². The lowest BCUT2D eigenvalue weighted by Gasteiger charge is -2.13. The fourth-order valence-corrected chi connectivity index (χ4v) is 3.68. The minimum absolute atomic E-state index is 0.0501. The number of thioether (sulfide) groups is 1. The van der Waals surface area contributed by atoms with Gasteiger partial charge < -0.3 is 15.2 Å². The van der Waals surface area contributed by atoms with Crippen molar-refractivity contribution in [2.24, 2.45) is 7.05 Å². The van der Waals surface area contributed by atoms with Crippen LogP contribution in [0.15, 0.2) is 65.8 Å². The van der Waals surface area contributed by atoms with E-state index in [2.05, 4.69) is 20.8 Å². The van der Waals surface area contributed by atoms with E-state index in [4.69, 9.17) is 0 Å². The van der Waals surface area contributed by atoms with E-state index in [-0.39, 0.29) is 23.6 Å². The zero-order valence-corrected chi connectivity index (χ0v) is 17.9. The largest absolute Gasteiger partial charge is 0.355 e. The van der Waals surface area contributed by atoms with Crippen molar-refractivity contribution < 1.29 is 9.59 Å². The maximum absolute atomic E-state index is 12.3. The van der Waals surface area contributed by atoms with Gasteiger partial charge in [0.1, 0.15) is 0 Å². The lowest BCUT2D eigenvalue weighted by molar-refractivity contribution is -0.118. The summed E-state index contributed by atoms with van der Waals surface area (Å²) < 4.78 is 1.80. The first-order valence-corrected chi connectivity index (χ1v) is 10.7. The van der Waals surface area contributed by atoms with Gasteiger partial charge >= 0.3 is 0 Å². The van der Waals surface area contributed by atoms with E-state index < -0.39 is 0 Å². The minimum atomic E-state index is -0.316. The Hall–Kier alpha value is -3.13. The van der Waals surface area contributed by atoms with Gasteiger partial charge in [0.05, 0.1) is 11.8 Å². The molecular weight excluding hydrogens is 398 g/mol. The highest BCUT2D eigenvalue weighted by atomic mass is 32.2. The summed E-state index contributed by atoms with van der Waals surface area (Å²) in [5.74, 6) is 0.668. The standard InChI is InChI=1S/C22H25N5O2S/c1-16(24-21(29)18-11-7-4-8-12-18)20-25-26-22(27(20)2)30-15-19(28)23-14-13-17-9-5-3-6-10-17/h3-12,16H,13-15H2,1-2H3,(H,23,28)(H,24,29)/t16-/m1/s1. The summed E-state index contributed by atoms with van der Waals surface area (Å²) in [7, 11) is 1.83. The number of benzene rings is 2. The summed E-state index contributed by atoms with van der Waals surface area (Å²) in [6.45, 7) is 2.45. The van der Waals surface area contributed by atoms with Crippen molar-refractivity contribution in [3.63, 3.8) is 0 Å². The lowest BCUT2D eigenvalue weighted by Crippen LogP contribution is -2.28. The SMILES string of the molecule is C[C@@H](NC(=O)c1ccccc1)c1nnc(SCC(=O)NCCc2ccccc2)n1C. The van der Waals surface area contributed by atoms with E-state index >= 15 is 0 Å². The van der Waals surface area contributed by atoms with Gasteiger partial charge in [-0.1, -0.05) is 60.3 Å². The molecule has 0 aliphatic carbocycles. The van der Waals surface area contributed by atoms with Crippen LogP contribution in [0.1, 0.15) is 34.7 Å². The number of carbonyl (C=O) groups excluding carboxylic acids is 2. The molecule has 0 unspecified atom stereocenters. The van der Waals surface area contributed by atoms with E-state index in [1.165, 1.54) is 17.3 Å². The van der Waals surface area contributed by atoms with Crippen LogP contribution in [0.5, 0.6) is 0 Å². The molecule has 7 nitrogen and oxygen atoms in total. The molecule has 1 aromatic heterocycles. The highest BCUT2D eigenvalue weighted by Gasteiger charge is 2.18. The third kappa shape index (κ3) is 5.93. The predicted octanol–water partition coefficient (Wildman–Crippen LogP) is 2.76. The Kier molecular flexibility index (Phi) is 7.62. The van der Waals surface area contributed by atoms with Gasteiger partial charge in [0.15, 0.2) is 11.0 Å². The monoisotopic (exact) mass is 423 g/mol. The molecule has 3 aromatic rings. The van der Waals surface area contributed by atoms with Gasteiger partial charge in [-0.15, -0.1) is 10.2 Å². The topological polar surface area (TPSA) is 88.9 Å². The molecule has 8 heteroatoms. The molecule has 0 spiro atoms. The molecule has 1 heterocycles. The number of hydrogen-bond donors (Lipinski definition) is 2. The summed E-state index contributed by atoms with van der Waals surface area (Å²) in [5.41, 5.74) is 1.78. The van der Waals surface area contributed by atoms with Gasteiger partial charge in [-0.3, -0.25) is 9.59 Å². The first-order chi connectivity index (χ1) is 14.5. The number of hydrogen-bond acceptors (Lipinski definition) is 5. The van der Waals surface area contributed by atoms with Crippen molar-refractivity contribution >= 4 is 23.6 Å². The average Bonchev–Trinajstić information content (AvgIpc) is 3.14. The zero-order chi connectivity index (χ0) is 21.3. The zero-order valence-electron chi connectivity index (χ0n) is 17.0. The van der Waals surface area contributed by atoms with Crippen LogP contribution >= 0.6 is 11.8 Å². The Morgan fingerprint density at radius 1 is 1.03 bits per heavy atom. The summed E-state index contributed by atoms with van der Waals surface area (Å²) in [4.78, 5) is 24.5. The van der Waals surface area contributed by atoms with E-state index in [1.54, 1.807) is 16.7 Å². The van der Waals surface area contributed by atoms with Crippen molar-refractivity contribution in [2.45, 2.75) is 24.5 Å². The molecule has 2 amide bonds. The van der Waals surface area contributed by atoms with Crippen LogP contribution in [0.4, 0.5) is 0 Å². The second kappa shape index (κ2) is 10.6. The Labute approximate surface area is 180 Å². The maximum Gasteiger partial charge on any atom is 0.251 e. The summed E-state index contributed by atoms with van der Waals surface area (Å²) >= 11 is 1.32. The van der Waals surface area contributed by atoms with E-state index in [0.29, 0.717) is 23.1 Å². The molecule has 0 radical (unpaired) electrons. The van der Waals surface area contributed by atoms with Gasteiger partial charge in [-0.05, 0) is 31.0 Å². The predicted molar refractivity (Wildman–Crippen MR) is 117 cm³/mol. The Morgan fingerprint density at radius 3 is 2.40 bits per heavy atom. The van der Waals surface area contributed by atoms with Crippen molar-refractivity contribution in [1.29, 1.82) is 0 Å². The van der Waals surface area contributed by atoms with Crippen molar-refractivity contribution in [3.8, 4) is 0 Å². The Morgan fingerprint density at radius 2 is 1.70 bits per heavy atom. The lowest BCUT2D eigenvalue weighted by atomic mass is 10.1. The molecule has 30 heavy (non-hydrogen) atoms. The first-order valence-electron chi connectivity index (χ1n) is 9.73. The van der Waals surface area contributed by atoms with E-state index in [1.807, 2.05) is 62.5 Å². The van der Waals surface area contributed by atoms with Crippen molar-refractivity contribution in [1.82, 2.24) is 25.4 Å². The first kappa shape index (κ1) is 21.6. The van der Waals surface area contributed by atoms with Crippen LogP contribution in [0.3, 0.4) is 0 Å². The average molecular weight is 424 g/mol. The molecular formula is C22H25N5O2S. The summed E-state index contributed by atoms with van der Waals surface area (Å²) in [5, 5.41) is 14.8. The highest BCUT2D eigenvalue weighted by molar-refractivity contribution is 7.99. The number of nitrogens with one attached hydrogen (secondary N) is 2. The van der Waals surface area contributed by atoms with E-state index in [9.17, 15) is 9.59 Å². The molecule has 0 saturated carbocycles. The molecule has 0 aliphatic rings. The van der Waals surface area contributed by atoms with Gasteiger partial charge in [-0.25, -0.2) is 0 Å². The van der Waals surface area contributed by atoms with Crippen LogP contribution < -0.4 is 10.6 Å². The second-order valence-electron chi connectivity index (χ2n) is 6.84. The quantitative estimate of drug-likeness (QED) is 0.517. The van der Waals surface area contributed by atoms with Crippen molar-refractivity contribution in [2.75, 3.05) is 12.3 Å². The molecule has 3 rings (SSSR count). The van der Waals surface area contributed by atoms with Crippen molar-refractivity contribution in [3.05, 3.63) is 77.6 Å². The smallest absolute Gasteiger partial charge is 0.251 e. The molecule has 2 N–H and O–H groups in total. The minimum Gasteiger partial charge on any atom is -0.355 e. The van der Waals surface area contributed by atoms with Gasteiger partial charge in [0, 0.05) is 19.2 Å². The number of aromatic nitrogens is 3. The summed E-state index contributed by atoms with van der Waals surface area (Å²) in [6, 6.07) is 18.7. The Bertz CT molecular complexity index is 976. The highest BCUT2D eigenvalue weighted by Crippen LogP contribution is 2.19. The molecule has 0 aliphatic heterocycles. The normalized spacial score (nSPS) is 11.7. The molecule has 0 saturated heterocycles. The van der Waals surface area contributed by atoms with Crippen LogP contribution in [0, 0.1) is 0 Å². The van der Waals surface area contributed by atoms with E-state index in [0.717, 1.165) is 6.42 Å². The maximum atomic E-state index is 12.3. The second-order valence-corrected chi connectivity index (χ2v) is 7.78. The number of rotatable bonds is 9. The van der Waals surface area contributed by atoms with Crippen LogP contribution in [-0.4, -0.2) is 38.9 Å². The number of nitrogens with zero attached hydrogens (tertiary/aromatic N) is 3. The van der Waals surface area contributed by atoms with Gasteiger partial charge in [-0.2, -0.15) is 0 Å². The molecule has 1 atom stereocenters. The fourth-order valence-electron chi connectivity index (χ4n) is 2.94. The molecule has 0 bridgehead atoms. The number of amides is 2. The Balaban J connectivity index is 1.47. The fraction of sp³-hybridized carbons (Fsp3) is 0.273. The molecule has 2 aromatic carbocycles.